The fraction of sp³-hybridized carbons (Fsp3) is 0.559. The average molecular weight is 592 g/mol. The number of aliphatic hydroxyl groups excluding tert-OH is 1. The fourth-order valence-corrected chi connectivity index (χ4v) is 7.64. The zero-order valence-electron chi connectivity index (χ0n) is 26.3. The van der Waals surface area contributed by atoms with Gasteiger partial charge in [-0.05, 0) is 87.4 Å². The van der Waals surface area contributed by atoms with Crippen molar-refractivity contribution in [3.8, 4) is 5.75 Å². The second-order valence-corrected chi connectivity index (χ2v) is 12.8. The highest BCUT2D eigenvalue weighted by atomic mass is 16.5. The molecule has 3 fully saturated rings. The minimum absolute atomic E-state index is 0.0819. The third-order valence-electron chi connectivity index (χ3n) is 10.2. The maximum Gasteiger partial charge on any atom is 0.250 e. The number of benzene rings is 2. The summed E-state index contributed by atoms with van der Waals surface area (Å²) in [6.45, 7) is 13.9. The summed E-state index contributed by atoms with van der Waals surface area (Å²) in [4.78, 5) is 44.6. The summed E-state index contributed by atoms with van der Waals surface area (Å²) in [6, 6.07) is 11.3. The monoisotopic (exact) mass is 591 g/mol. The van der Waals surface area contributed by atoms with Crippen molar-refractivity contribution in [3.63, 3.8) is 0 Å². The lowest BCUT2D eigenvalue weighted by Crippen LogP contribution is -2.57. The van der Waals surface area contributed by atoms with Gasteiger partial charge < -0.3 is 30.1 Å². The van der Waals surface area contributed by atoms with E-state index in [2.05, 4.69) is 10.6 Å². The van der Waals surface area contributed by atoms with Crippen molar-refractivity contribution >= 4 is 29.1 Å². The molecule has 0 radical (unpaired) electrons. The van der Waals surface area contributed by atoms with Crippen LogP contribution in [0.15, 0.2) is 42.5 Å². The van der Waals surface area contributed by atoms with Gasteiger partial charge in [-0.25, -0.2) is 0 Å². The Kier molecular flexibility index (Phi) is 8.35. The second-order valence-electron chi connectivity index (χ2n) is 12.8. The van der Waals surface area contributed by atoms with Gasteiger partial charge in [-0.3, -0.25) is 14.4 Å². The van der Waals surface area contributed by atoms with Gasteiger partial charge in [0.1, 0.15) is 17.4 Å². The van der Waals surface area contributed by atoms with Gasteiger partial charge in [-0.1, -0.05) is 39.3 Å². The lowest BCUT2D eigenvalue weighted by Gasteiger charge is -2.39. The molecule has 0 aromatic heterocycles. The highest BCUT2D eigenvalue weighted by molar-refractivity contribution is 6.05. The Bertz CT molecular complexity index is 1390. The Morgan fingerprint density at radius 1 is 1.12 bits per heavy atom. The van der Waals surface area contributed by atoms with E-state index < -0.39 is 35.1 Å². The largest absolute Gasteiger partial charge is 0.494 e. The van der Waals surface area contributed by atoms with Gasteiger partial charge in [0, 0.05) is 11.4 Å². The van der Waals surface area contributed by atoms with Crippen LogP contribution in [0, 0.1) is 37.5 Å². The Morgan fingerprint density at radius 2 is 1.81 bits per heavy atom. The number of hydrogen-bond acceptors (Lipinski definition) is 6. The highest BCUT2D eigenvalue weighted by Crippen LogP contribution is 2.65. The number of amides is 3. The Hall–Kier alpha value is -3.43. The van der Waals surface area contributed by atoms with Gasteiger partial charge >= 0.3 is 0 Å². The number of carbonyl (C=O) groups is 3. The van der Waals surface area contributed by atoms with Crippen LogP contribution in [0.3, 0.4) is 0 Å². The van der Waals surface area contributed by atoms with E-state index in [1.807, 2.05) is 66.7 Å². The molecular formula is C34H45N3O6. The van der Waals surface area contributed by atoms with E-state index in [-0.39, 0.29) is 36.2 Å². The van der Waals surface area contributed by atoms with Gasteiger partial charge in [0.05, 0.1) is 36.7 Å². The summed E-state index contributed by atoms with van der Waals surface area (Å²) in [6.07, 6.45) is 1.15. The number of rotatable bonds is 10. The van der Waals surface area contributed by atoms with Gasteiger partial charge in [-0.15, -0.1) is 0 Å². The van der Waals surface area contributed by atoms with Crippen molar-refractivity contribution in [3.05, 3.63) is 53.6 Å². The van der Waals surface area contributed by atoms with E-state index >= 15 is 0 Å². The Balaban J connectivity index is 1.56. The molecule has 0 saturated carbocycles. The molecule has 3 amide bonds. The molecule has 9 nitrogen and oxygen atoms in total. The minimum atomic E-state index is -1.21. The number of ether oxygens (including phenoxy) is 2. The smallest absolute Gasteiger partial charge is 0.250 e. The number of nitrogens with one attached hydrogen (secondary N) is 2. The molecule has 232 valence electrons. The summed E-state index contributed by atoms with van der Waals surface area (Å²) < 4.78 is 12.4. The van der Waals surface area contributed by atoms with Gasteiger partial charge in [0.15, 0.2) is 0 Å². The summed E-state index contributed by atoms with van der Waals surface area (Å²) in [5, 5.41) is 16.7. The SMILES string of the molecule is CCOc1ccc(NC(=O)[C@@H]2[C@H]3C(=O)N([C@@H](CO)[C@@H](C)CC)C(C(=O)Nc4cc(C)ccc4C)C34CC(C)[C@@]2(C)O4)cc1. The molecule has 1 spiro atoms. The summed E-state index contributed by atoms with van der Waals surface area (Å²) in [5.74, 6) is -2.18. The normalized spacial score (nSPS) is 30.6. The quantitative estimate of drug-likeness (QED) is 0.369. The summed E-state index contributed by atoms with van der Waals surface area (Å²) in [5.41, 5.74) is 0.974. The van der Waals surface area contributed by atoms with Crippen LogP contribution in [0.2, 0.25) is 0 Å². The van der Waals surface area contributed by atoms with Crippen molar-refractivity contribution in [1.82, 2.24) is 4.90 Å². The Morgan fingerprint density at radius 3 is 2.44 bits per heavy atom. The maximum absolute atomic E-state index is 14.6. The van der Waals surface area contributed by atoms with Gasteiger partial charge in [-0.2, -0.15) is 0 Å². The van der Waals surface area contributed by atoms with Crippen LogP contribution >= 0.6 is 0 Å². The van der Waals surface area contributed by atoms with Crippen LogP contribution < -0.4 is 15.4 Å². The third kappa shape index (κ3) is 5.00. The molecule has 0 aliphatic carbocycles. The average Bonchev–Trinajstić information content (AvgIpc) is 3.49. The van der Waals surface area contributed by atoms with Crippen molar-refractivity contribution in [2.75, 3.05) is 23.8 Å². The summed E-state index contributed by atoms with van der Waals surface area (Å²) >= 11 is 0. The van der Waals surface area contributed by atoms with Crippen molar-refractivity contribution < 1.29 is 29.0 Å². The number of anilines is 2. The minimum Gasteiger partial charge on any atom is -0.494 e. The number of hydrogen-bond donors (Lipinski definition) is 3. The van der Waals surface area contributed by atoms with Crippen molar-refractivity contribution in [2.45, 2.75) is 84.6 Å². The van der Waals surface area contributed by atoms with Gasteiger partial charge in [0.25, 0.3) is 0 Å². The third-order valence-corrected chi connectivity index (χ3v) is 10.2. The molecule has 2 aromatic rings. The number of aliphatic hydroxyl groups is 1. The standard InChI is InChI=1S/C34H45N3O6/c1-8-20(4)26(18-38)37-29(31(40)36-25-16-19(3)10-11-21(25)5)34-17-22(6)33(7,43-34)27(28(34)32(37)41)30(39)35-23-12-14-24(15-13-23)42-9-2/h10-16,20,22,26-29,38H,8-9,17-18H2,1-7H3,(H,35,39)(H,36,40)/t20-,22?,26-,27-,28-,29?,33+,34?/m0/s1. The predicted octanol–water partition coefficient (Wildman–Crippen LogP) is 4.70. The lowest BCUT2D eigenvalue weighted by molar-refractivity contribution is -0.149. The first-order valence-corrected chi connectivity index (χ1v) is 15.5. The molecular weight excluding hydrogens is 546 g/mol. The van der Waals surface area contributed by atoms with E-state index in [1.54, 1.807) is 29.2 Å². The van der Waals surface area contributed by atoms with E-state index in [9.17, 15) is 19.5 Å². The predicted molar refractivity (Wildman–Crippen MR) is 165 cm³/mol. The topological polar surface area (TPSA) is 117 Å². The fourth-order valence-electron chi connectivity index (χ4n) is 7.64. The molecule has 43 heavy (non-hydrogen) atoms. The first-order chi connectivity index (χ1) is 20.4. The number of carbonyl (C=O) groups excluding carboxylic acids is 3. The van der Waals surface area contributed by atoms with Crippen LogP contribution in [0.25, 0.3) is 0 Å². The molecule has 3 heterocycles. The molecule has 3 unspecified atom stereocenters. The first-order valence-electron chi connectivity index (χ1n) is 15.5. The second kappa shape index (κ2) is 11.6. The van der Waals surface area contributed by atoms with Crippen LogP contribution in [0.4, 0.5) is 11.4 Å². The lowest BCUT2D eigenvalue weighted by atomic mass is 9.62. The molecule has 8 atom stereocenters. The van der Waals surface area contributed by atoms with Crippen molar-refractivity contribution in [2.24, 2.45) is 23.7 Å². The zero-order chi connectivity index (χ0) is 31.3. The van der Waals surface area contributed by atoms with E-state index in [1.165, 1.54) is 0 Å². The van der Waals surface area contributed by atoms with Crippen LogP contribution in [0.5, 0.6) is 5.75 Å². The van der Waals surface area contributed by atoms with E-state index in [0.29, 0.717) is 36.6 Å². The van der Waals surface area contributed by atoms with Crippen molar-refractivity contribution in [1.29, 1.82) is 0 Å². The van der Waals surface area contributed by atoms with Crippen LogP contribution in [-0.2, 0) is 19.1 Å². The summed E-state index contributed by atoms with van der Waals surface area (Å²) in [7, 11) is 0. The first kappa shape index (κ1) is 31.0. The molecule has 3 aliphatic rings. The maximum atomic E-state index is 14.6. The Labute approximate surface area is 254 Å². The number of likely N-dealkylation sites (tertiary alicyclic amines) is 1. The molecule has 2 aromatic carbocycles. The highest BCUT2D eigenvalue weighted by Gasteiger charge is 2.80. The molecule has 2 bridgehead atoms. The molecule has 5 rings (SSSR count). The number of nitrogens with zero attached hydrogens (tertiary/aromatic N) is 1. The van der Waals surface area contributed by atoms with Gasteiger partial charge in [0.2, 0.25) is 17.7 Å². The van der Waals surface area contributed by atoms with Crippen LogP contribution in [0.1, 0.15) is 58.6 Å². The zero-order valence-corrected chi connectivity index (χ0v) is 26.3. The number of aryl methyl sites for hydroxylation is 2. The molecule has 3 saturated heterocycles. The van der Waals surface area contributed by atoms with E-state index in [4.69, 9.17) is 9.47 Å². The van der Waals surface area contributed by atoms with E-state index in [0.717, 1.165) is 11.1 Å². The van der Waals surface area contributed by atoms with Crippen LogP contribution in [-0.4, -0.2) is 64.2 Å². The molecule has 9 heteroatoms. The molecule has 3 aliphatic heterocycles. The number of fused-ring (bicyclic) bond motifs is 1. The molecule has 3 N–H and O–H groups in total.